The molecule has 2 aliphatic heterocycles. The number of piperidine rings is 1. The van der Waals surface area contributed by atoms with Crippen LogP contribution in [0.1, 0.15) is 17.7 Å². The molecule has 9 nitrogen and oxygen atoms in total. The van der Waals surface area contributed by atoms with Crippen LogP contribution in [-0.4, -0.2) is 94.0 Å². The number of pyridine rings is 1. The number of likely N-dealkylation sites (tertiary alicyclic amines) is 1. The van der Waals surface area contributed by atoms with Gasteiger partial charge in [0, 0.05) is 57.4 Å². The van der Waals surface area contributed by atoms with E-state index in [1.54, 1.807) is 20.4 Å². The fraction of sp³-hybridized carbons (Fsp3) is 0.571. The van der Waals surface area contributed by atoms with E-state index in [9.17, 15) is 4.79 Å². The van der Waals surface area contributed by atoms with Crippen molar-refractivity contribution in [3.05, 3.63) is 47.8 Å². The number of ether oxygens (including phenoxy) is 4. The summed E-state index contributed by atoms with van der Waals surface area (Å²) in [5.41, 5.74) is 2.08. The van der Waals surface area contributed by atoms with Crippen LogP contribution in [0, 0.1) is 18.8 Å². The summed E-state index contributed by atoms with van der Waals surface area (Å²) < 4.78 is 22.4. The van der Waals surface area contributed by atoms with Crippen LogP contribution in [0.2, 0.25) is 0 Å². The maximum absolute atomic E-state index is 13.2. The Bertz CT molecular complexity index is 997. The largest absolute Gasteiger partial charge is 0.493 e. The minimum atomic E-state index is -0.0941. The molecule has 1 aromatic carbocycles. The maximum atomic E-state index is 13.2. The summed E-state index contributed by atoms with van der Waals surface area (Å²) in [5.74, 6) is 2.43. The van der Waals surface area contributed by atoms with Crippen molar-refractivity contribution in [3.8, 4) is 17.2 Å². The lowest BCUT2D eigenvalue weighted by Gasteiger charge is -2.37. The first-order chi connectivity index (χ1) is 18.0. The summed E-state index contributed by atoms with van der Waals surface area (Å²) in [4.78, 5) is 22.2. The lowest BCUT2D eigenvalue weighted by Crippen LogP contribution is -2.48. The van der Waals surface area contributed by atoms with Crippen molar-refractivity contribution in [2.75, 3.05) is 73.3 Å². The van der Waals surface area contributed by atoms with E-state index in [4.69, 9.17) is 18.9 Å². The van der Waals surface area contributed by atoms with Crippen molar-refractivity contribution < 1.29 is 23.7 Å². The minimum Gasteiger partial charge on any atom is -0.493 e. The second-order valence-electron chi connectivity index (χ2n) is 9.87. The van der Waals surface area contributed by atoms with Crippen LogP contribution in [0.25, 0.3) is 0 Å². The number of nitrogens with zero attached hydrogens (tertiary/aromatic N) is 3. The quantitative estimate of drug-likeness (QED) is 0.491. The van der Waals surface area contributed by atoms with Gasteiger partial charge < -0.3 is 24.3 Å². The van der Waals surface area contributed by atoms with Gasteiger partial charge in [-0.15, -0.1) is 0 Å². The average molecular weight is 513 g/mol. The smallest absolute Gasteiger partial charge is 0.224 e. The van der Waals surface area contributed by atoms with Crippen LogP contribution in [-0.2, 0) is 16.1 Å². The van der Waals surface area contributed by atoms with Gasteiger partial charge in [-0.1, -0.05) is 6.07 Å². The first-order valence-corrected chi connectivity index (χ1v) is 13.1. The number of hydrogen-bond acceptors (Lipinski definition) is 8. The van der Waals surface area contributed by atoms with E-state index in [1.807, 2.05) is 31.2 Å². The van der Waals surface area contributed by atoms with Gasteiger partial charge in [-0.3, -0.25) is 19.6 Å². The van der Waals surface area contributed by atoms with Crippen molar-refractivity contribution >= 4 is 5.91 Å². The van der Waals surface area contributed by atoms with Gasteiger partial charge >= 0.3 is 0 Å². The highest BCUT2D eigenvalue weighted by Gasteiger charge is 2.32. The topological polar surface area (TPSA) is 85.4 Å². The molecule has 2 atom stereocenters. The fourth-order valence-corrected chi connectivity index (χ4v) is 5.04. The third kappa shape index (κ3) is 8.05. The molecule has 1 N–H and O–H groups in total. The lowest BCUT2D eigenvalue weighted by molar-refractivity contribution is -0.127. The third-order valence-corrected chi connectivity index (χ3v) is 7.04. The van der Waals surface area contributed by atoms with Gasteiger partial charge in [-0.2, -0.15) is 0 Å². The summed E-state index contributed by atoms with van der Waals surface area (Å²) in [6.07, 6.45) is 2.56. The standard InChI is InChI=1S/C28H40N4O5/c1-21-4-6-25(16-30-21)37-20-23-14-24(28(33)29-8-9-31-10-12-36-13-11-31)19-32(18-23)17-22-5-7-26(34-2)27(15-22)35-3/h4-7,15-16,23-24H,8-14,17-20H2,1-3H3,(H,29,33)/t23-,24+/m0/s1. The lowest BCUT2D eigenvalue weighted by atomic mass is 9.88. The van der Waals surface area contributed by atoms with Gasteiger partial charge in [0.2, 0.25) is 5.91 Å². The molecular formula is C28H40N4O5. The molecule has 0 spiro atoms. The molecule has 1 aromatic heterocycles. The third-order valence-electron chi connectivity index (χ3n) is 7.04. The Balaban J connectivity index is 1.38. The fourth-order valence-electron chi connectivity index (χ4n) is 5.04. The van der Waals surface area contributed by atoms with Gasteiger partial charge in [-0.05, 0) is 43.2 Å². The molecular weight excluding hydrogens is 472 g/mol. The normalized spacial score (nSPS) is 20.8. The highest BCUT2D eigenvalue weighted by Crippen LogP contribution is 2.30. The van der Waals surface area contributed by atoms with Crippen molar-refractivity contribution in [1.82, 2.24) is 20.1 Å². The average Bonchev–Trinajstić information content (AvgIpc) is 2.93. The molecule has 2 fully saturated rings. The van der Waals surface area contributed by atoms with Crippen LogP contribution in [0.3, 0.4) is 0 Å². The van der Waals surface area contributed by atoms with Crippen LogP contribution < -0.4 is 19.5 Å². The Morgan fingerprint density at radius 2 is 1.89 bits per heavy atom. The second-order valence-corrected chi connectivity index (χ2v) is 9.87. The zero-order chi connectivity index (χ0) is 26.0. The molecule has 0 radical (unpaired) electrons. The van der Waals surface area contributed by atoms with E-state index >= 15 is 0 Å². The van der Waals surface area contributed by atoms with E-state index in [0.29, 0.717) is 31.2 Å². The number of methoxy groups -OCH3 is 2. The highest BCUT2D eigenvalue weighted by molar-refractivity contribution is 5.79. The van der Waals surface area contributed by atoms with Gasteiger partial charge in [-0.25, -0.2) is 0 Å². The predicted molar refractivity (Wildman–Crippen MR) is 141 cm³/mol. The Morgan fingerprint density at radius 1 is 1.08 bits per heavy atom. The number of amides is 1. The number of rotatable bonds is 11. The summed E-state index contributed by atoms with van der Waals surface area (Å²) >= 11 is 0. The maximum Gasteiger partial charge on any atom is 0.224 e. The molecule has 2 saturated heterocycles. The van der Waals surface area contributed by atoms with Crippen LogP contribution in [0.5, 0.6) is 17.2 Å². The molecule has 202 valence electrons. The molecule has 9 heteroatoms. The van der Waals surface area contributed by atoms with E-state index in [1.165, 1.54) is 0 Å². The number of morpholine rings is 1. The Labute approximate surface area is 220 Å². The van der Waals surface area contributed by atoms with Crippen molar-refractivity contribution in [3.63, 3.8) is 0 Å². The number of carbonyl (C=O) groups is 1. The van der Waals surface area contributed by atoms with Gasteiger partial charge in [0.05, 0.1) is 46.2 Å². The molecule has 2 aromatic rings. The summed E-state index contributed by atoms with van der Waals surface area (Å²) in [6.45, 7) is 9.67. The van der Waals surface area contributed by atoms with Crippen LogP contribution in [0.4, 0.5) is 0 Å². The number of carbonyl (C=O) groups excluding carboxylic acids is 1. The number of aryl methyl sites for hydroxylation is 1. The molecule has 0 saturated carbocycles. The zero-order valence-corrected chi connectivity index (χ0v) is 22.3. The monoisotopic (exact) mass is 512 g/mol. The first-order valence-electron chi connectivity index (χ1n) is 13.1. The summed E-state index contributed by atoms with van der Waals surface area (Å²) in [7, 11) is 3.28. The van der Waals surface area contributed by atoms with E-state index in [2.05, 4.69) is 26.2 Å². The van der Waals surface area contributed by atoms with Crippen LogP contribution >= 0.6 is 0 Å². The highest BCUT2D eigenvalue weighted by atomic mass is 16.5. The van der Waals surface area contributed by atoms with E-state index in [-0.39, 0.29) is 17.7 Å². The molecule has 4 rings (SSSR count). The van der Waals surface area contributed by atoms with E-state index < -0.39 is 0 Å². The molecule has 2 aliphatic rings. The SMILES string of the molecule is COc1ccc(CN2C[C@@H](COc3ccc(C)nc3)C[C@@H](C(=O)NCCN3CCOCC3)C2)cc1OC. The Kier molecular flexibility index (Phi) is 9.99. The Morgan fingerprint density at radius 3 is 2.62 bits per heavy atom. The number of aromatic nitrogens is 1. The molecule has 0 unspecified atom stereocenters. The second kappa shape index (κ2) is 13.6. The zero-order valence-electron chi connectivity index (χ0n) is 22.3. The molecule has 3 heterocycles. The first kappa shape index (κ1) is 27.2. The number of benzene rings is 1. The molecule has 1 amide bonds. The van der Waals surface area contributed by atoms with Crippen molar-refractivity contribution in [2.24, 2.45) is 11.8 Å². The van der Waals surface area contributed by atoms with Crippen LogP contribution in [0.15, 0.2) is 36.5 Å². The summed E-state index contributed by atoms with van der Waals surface area (Å²) in [6, 6.07) is 9.89. The van der Waals surface area contributed by atoms with E-state index in [0.717, 1.165) is 69.4 Å². The molecule has 0 bridgehead atoms. The summed E-state index contributed by atoms with van der Waals surface area (Å²) in [5, 5.41) is 3.18. The number of nitrogens with one attached hydrogen (secondary N) is 1. The minimum absolute atomic E-state index is 0.0941. The van der Waals surface area contributed by atoms with Gasteiger partial charge in [0.15, 0.2) is 11.5 Å². The van der Waals surface area contributed by atoms with Gasteiger partial charge in [0.25, 0.3) is 0 Å². The predicted octanol–water partition coefficient (Wildman–Crippen LogP) is 2.37. The van der Waals surface area contributed by atoms with Crippen molar-refractivity contribution in [2.45, 2.75) is 19.9 Å². The van der Waals surface area contributed by atoms with Crippen molar-refractivity contribution in [1.29, 1.82) is 0 Å². The number of hydrogen-bond donors (Lipinski definition) is 1. The molecule has 37 heavy (non-hydrogen) atoms. The van der Waals surface area contributed by atoms with Gasteiger partial charge in [0.1, 0.15) is 5.75 Å². The Hall–Kier alpha value is -2.88. The molecule has 0 aliphatic carbocycles.